The van der Waals surface area contributed by atoms with Gasteiger partial charge in [-0.25, -0.2) is 9.37 Å². The van der Waals surface area contributed by atoms with Gasteiger partial charge in [0, 0.05) is 37.9 Å². The number of hydrogen-bond acceptors (Lipinski definition) is 6. The van der Waals surface area contributed by atoms with Crippen molar-refractivity contribution in [1.29, 1.82) is 0 Å². The molecule has 5 rings (SSSR count). The lowest BCUT2D eigenvalue weighted by Gasteiger charge is -2.36. The zero-order chi connectivity index (χ0) is 22.1. The first-order valence-electron chi connectivity index (χ1n) is 10.3. The Bertz CT molecular complexity index is 1270. The Kier molecular flexibility index (Phi) is 5.14. The molecule has 0 radical (unpaired) electrons. The summed E-state index contributed by atoms with van der Waals surface area (Å²) < 4.78 is 21.1. The van der Waals surface area contributed by atoms with E-state index in [1.807, 2.05) is 24.3 Å². The Morgan fingerprint density at radius 3 is 2.47 bits per heavy atom. The molecule has 162 valence electrons. The normalized spacial score (nSPS) is 14.1. The van der Waals surface area contributed by atoms with Crippen molar-refractivity contribution in [3.8, 4) is 16.9 Å². The van der Waals surface area contributed by atoms with Crippen LogP contribution in [0.25, 0.3) is 16.9 Å². The average molecular weight is 432 g/mol. The van der Waals surface area contributed by atoms with Crippen LogP contribution in [-0.4, -0.2) is 63.7 Å². The van der Waals surface area contributed by atoms with Gasteiger partial charge in [0.25, 0.3) is 11.7 Å². The van der Waals surface area contributed by atoms with Crippen LogP contribution in [0.4, 0.5) is 10.2 Å². The fourth-order valence-electron chi connectivity index (χ4n) is 3.97. The summed E-state index contributed by atoms with van der Waals surface area (Å²) in [5.74, 6) is 1.34. The van der Waals surface area contributed by atoms with Gasteiger partial charge in [0.1, 0.15) is 23.7 Å². The molecule has 4 aromatic rings. The lowest BCUT2D eigenvalue weighted by molar-refractivity contribution is 0.0741. The Morgan fingerprint density at radius 2 is 1.75 bits per heavy atom. The molecule has 8 nitrogen and oxygen atoms in total. The Hall–Kier alpha value is -4.01. The molecule has 0 atom stereocenters. The van der Waals surface area contributed by atoms with E-state index in [0.717, 1.165) is 22.7 Å². The molecule has 2 aromatic heterocycles. The molecule has 0 aliphatic carbocycles. The van der Waals surface area contributed by atoms with Crippen LogP contribution in [-0.2, 0) is 0 Å². The molecule has 1 aliphatic heterocycles. The van der Waals surface area contributed by atoms with Crippen molar-refractivity contribution < 1.29 is 13.9 Å². The van der Waals surface area contributed by atoms with Gasteiger partial charge >= 0.3 is 0 Å². The second kappa shape index (κ2) is 8.26. The van der Waals surface area contributed by atoms with E-state index in [9.17, 15) is 9.18 Å². The molecule has 1 saturated heterocycles. The number of anilines is 1. The minimum Gasteiger partial charge on any atom is -0.497 e. The second-order valence-corrected chi connectivity index (χ2v) is 7.45. The van der Waals surface area contributed by atoms with E-state index in [4.69, 9.17) is 4.74 Å². The van der Waals surface area contributed by atoms with Crippen LogP contribution in [0.3, 0.4) is 0 Å². The number of nitrogens with zero attached hydrogens (tertiary/aromatic N) is 6. The molecule has 0 bridgehead atoms. The van der Waals surface area contributed by atoms with Gasteiger partial charge in [0.15, 0.2) is 0 Å². The first-order chi connectivity index (χ1) is 15.7. The van der Waals surface area contributed by atoms with Crippen molar-refractivity contribution in [3.05, 3.63) is 72.4 Å². The summed E-state index contributed by atoms with van der Waals surface area (Å²) in [6.45, 7) is 2.08. The van der Waals surface area contributed by atoms with E-state index in [1.165, 1.54) is 18.5 Å². The second-order valence-electron chi connectivity index (χ2n) is 7.45. The number of carbonyl (C=O) groups excluding carboxylic acids is 1. The topological polar surface area (TPSA) is 75.9 Å². The maximum atomic E-state index is 14.1. The van der Waals surface area contributed by atoms with Gasteiger partial charge in [0.2, 0.25) is 0 Å². The van der Waals surface area contributed by atoms with Gasteiger partial charge in [-0.15, -0.1) is 0 Å². The molecule has 9 heteroatoms. The van der Waals surface area contributed by atoms with Gasteiger partial charge in [0.05, 0.1) is 12.7 Å². The number of fused-ring (bicyclic) bond motifs is 1. The number of hydrogen-bond donors (Lipinski definition) is 0. The highest BCUT2D eigenvalue weighted by Gasteiger charge is 2.27. The van der Waals surface area contributed by atoms with Crippen LogP contribution in [0.5, 0.6) is 5.75 Å². The summed E-state index contributed by atoms with van der Waals surface area (Å²) in [6.07, 6.45) is 3.26. The summed E-state index contributed by atoms with van der Waals surface area (Å²) in [5.41, 5.74) is 1.97. The number of amides is 1. The molecule has 2 aromatic carbocycles. The number of ether oxygens (including phenoxy) is 1. The maximum Gasteiger partial charge on any atom is 0.256 e. The maximum absolute atomic E-state index is 14.1. The monoisotopic (exact) mass is 432 g/mol. The summed E-state index contributed by atoms with van der Waals surface area (Å²) in [7, 11) is 1.63. The molecule has 0 unspecified atom stereocenters. The standard InChI is InChI=1S/C23H21FN6O2/c1-32-17-8-6-16(7-9-17)19-14-25-23-26-15-27-30(23)21(19)28-10-12-29(13-11-28)22(31)18-4-2-3-5-20(18)24/h2-9,14-15H,10-13H2,1H3. The average Bonchev–Trinajstić information content (AvgIpc) is 3.32. The highest BCUT2D eigenvalue weighted by molar-refractivity contribution is 5.94. The number of rotatable bonds is 4. The Labute approximate surface area is 183 Å². The van der Waals surface area contributed by atoms with Crippen molar-refractivity contribution in [1.82, 2.24) is 24.5 Å². The van der Waals surface area contributed by atoms with E-state index >= 15 is 0 Å². The summed E-state index contributed by atoms with van der Waals surface area (Å²) in [6, 6.07) is 13.8. The smallest absolute Gasteiger partial charge is 0.256 e. The third-order valence-corrected chi connectivity index (χ3v) is 5.65. The predicted octanol–water partition coefficient (Wildman–Crippen LogP) is 2.90. The van der Waals surface area contributed by atoms with Crippen molar-refractivity contribution >= 4 is 17.5 Å². The highest BCUT2D eigenvalue weighted by atomic mass is 19.1. The molecule has 1 amide bonds. The summed E-state index contributed by atoms with van der Waals surface area (Å²) in [4.78, 5) is 25.3. The van der Waals surface area contributed by atoms with Crippen molar-refractivity contribution in [3.63, 3.8) is 0 Å². The highest BCUT2D eigenvalue weighted by Crippen LogP contribution is 2.32. The van der Waals surface area contributed by atoms with Gasteiger partial charge < -0.3 is 14.5 Å². The van der Waals surface area contributed by atoms with Crippen LogP contribution >= 0.6 is 0 Å². The molecule has 0 spiro atoms. The number of methoxy groups -OCH3 is 1. The molecular formula is C23H21FN6O2. The minimum absolute atomic E-state index is 0.0995. The third-order valence-electron chi connectivity index (χ3n) is 5.65. The van der Waals surface area contributed by atoms with Crippen LogP contribution in [0.15, 0.2) is 61.1 Å². The van der Waals surface area contributed by atoms with Gasteiger partial charge in [-0.3, -0.25) is 4.79 Å². The molecule has 32 heavy (non-hydrogen) atoms. The number of carbonyl (C=O) groups is 1. The van der Waals surface area contributed by atoms with E-state index in [1.54, 1.807) is 34.9 Å². The summed E-state index contributed by atoms with van der Waals surface area (Å²) in [5, 5.41) is 4.37. The van der Waals surface area contributed by atoms with Gasteiger partial charge in [-0.2, -0.15) is 14.6 Å². The van der Waals surface area contributed by atoms with Crippen molar-refractivity contribution in [2.24, 2.45) is 0 Å². The number of benzene rings is 2. The van der Waals surface area contributed by atoms with E-state index in [-0.39, 0.29) is 11.5 Å². The first-order valence-corrected chi connectivity index (χ1v) is 10.3. The van der Waals surface area contributed by atoms with Crippen LogP contribution in [0.2, 0.25) is 0 Å². The molecule has 3 heterocycles. The number of aromatic nitrogens is 4. The van der Waals surface area contributed by atoms with Gasteiger partial charge in [-0.05, 0) is 29.8 Å². The number of halogens is 1. The zero-order valence-electron chi connectivity index (χ0n) is 17.5. The third kappa shape index (κ3) is 3.51. The van der Waals surface area contributed by atoms with E-state index in [0.29, 0.717) is 32.0 Å². The van der Waals surface area contributed by atoms with Gasteiger partial charge in [-0.1, -0.05) is 24.3 Å². The first kappa shape index (κ1) is 19.9. The fourth-order valence-corrected chi connectivity index (χ4v) is 3.97. The molecule has 1 fully saturated rings. The quantitative estimate of drug-likeness (QED) is 0.494. The zero-order valence-corrected chi connectivity index (χ0v) is 17.5. The van der Waals surface area contributed by atoms with E-state index < -0.39 is 5.82 Å². The van der Waals surface area contributed by atoms with Crippen LogP contribution in [0.1, 0.15) is 10.4 Å². The summed E-state index contributed by atoms with van der Waals surface area (Å²) >= 11 is 0. The fraction of sp³-hybridized carbons (Fsp3) is 0.217. The lowest BCUT2D eigenvalue weighted by Crippen LogP contribution is -2.49. The molecule has 0 N–H and O–H groups in total. The molecular weight excluding hydrogens is 411 g/mol. The molecule has 0 saturated carbocycles. The van der Waals surface area contributed by atoms with Crippen LogP contribution in [0, 0.1) is 5.82 Å². The minimum atomic E-state index is -0.500. The number of piperazine rings is 1. The lowest BCUT2D eigenvalue weighted by atomic mass is 10.1. The van der Waals surface area contributed by atoms with Crippen molar-refractivity contribution in [2.45, 2.75) is 0 Å². The van der Waals surface area contributed by atoms with Crippen molar-refractivity contribution in [2.75, 3.05) is 38.2 Å². The predicted molar refractivity (Wildman–Crippen MR) is 117 cm³/mol. The molecule has 1 aliphatic rings. The SMILES string of the molecule is COc1ccc(-c2cnc3ncnn3c2N2CCN(C(=O)c3ccccc3F)CC2)cc1. The Morgan fingerprint density at radius 1 is 1.00 bits per heavy atom. The van der Waals surface area contributed by atoms with E-state index in [2.05, 4.69) is 20.0 Å². The largest absolute Gasteiger partial charge is 0.497 e. The Balaban J connectivity index is 1.44. The van der Waals surface area contributed by atoms with Crippen LogP contribution < -0.4 is 9.64 Å².